The normalized spacial score (nSPS) is 10.3. The van der Waals surface area contributed by atoms with Crippen molar-refractivity contribution >= 4 is 11.8 Å². The lowest BCUT2D eigenvalue weighted by Gasteiger charge is -2.01. The van der Waals surface area contributed by atoms with E-state index in [0.717, 1.165) is 10.5 Å². The average molecular weight is 234 g/mol. The van der Waals surface area contributed by atoms with Gasteiger partial charge in [-0.05, 0) is 24.0 Å². The summed E-state index contributed by atoms with van der Waals surface area (Å²) in [6.45, 7) is 0. The summed E-state index contributed by atoms with van der Waals surface area (Å²) < 4.78 is 0. The summed E-state index contributed by atoms with van der Waals surface area (Å²) in [5.74, 6) is 0. The van der Waals surface area contributed by atoms with E-state index >= 15 is 0 Å². The molecule has 0 aliphatic carbocycles. The molecule has 0 bridgehead atoms. The van der Waals surface area contributed by atoms with Crippen LogP contribution in [0.15, 0.2) is 44.9 Å². The smallest absolute Gasteiger partial charge is 0.313 e. The van der Waals surface area contributed by atoms with Gasteiger partial charge in [-0.3, -0.25) is 9.78 Å². The largest absolute Gasteiger partial charge is 0.325 e. The maximum atomic E-state index is 11.6. The van der Waals surface area contributed by atoms with Crippen molar-refractivity contribution in [1.29, 1.82) is 0 Å². The van der Waals surface area contributed by atoms with Crippen molar-refractivity contribution in [2.45, 2.75) is 4.90 Å². The first-order chi connectivity index (χ1) is 7.70. The fourth-order valence-electron chi connectivity index (χ4n) is 1.41. The molecule has 0 saturated heterocycles. The van der Waals surface area contributed by atoms with Crippen LogP contribution in [0.1, 0.15) is 0 Å². The molecule has 0 radical (unpaired) electrons. The molecule has 0 saturated carbocycles. The zero-order valence-corrected chi connectivity index (χ0v) is 9.43. The molecule has 5 heteroatoms. The van der Waals surface area contributed by atoms with Crippen molar-refractivity contribution in [3.05, 3.63) is 51.3 Å². The Kier molecular flexibility index (Phi) is 2.96. The van der Waals surface area contributed by atoms with Gasteiger partial charge >= 0.3 is 5.69 Å². The number of nitrogens with one attached hydrogen (secondary N) is 2. The van der Waals surface area contributed by atoms with Crippen LogP contribution in [0.4, 0.5) is 0 Å². The topological polar surface area (TPSA) is 65.7 Å². The maximum absolute atomic E-state index is 11.6. The van der Waals surface area contributed by atoms with Gasteiger partial charge in [-0.2, -0.15) is 0 Å². The van der Waals surface area contributed by atoms with Crippen molar-refractivity contribution in [3.8, 4) is 11.1 Å². The second-order valence-corrected chi connectivity index (χ2v) is 4.10. The maximum Gasteiger partial charge on any atom is 0.325 e. The zero-order valence-electron chi connectivity index (χ0n) is 8.61. The SMILES string of the molecule is CSc1cccc(-c2c[nH]c(=O)[nH]c2=O)c1. The standard InChI is InChI=1S/C11H10N2O2S/c1-16-8-4-2-3-7(5-8)9-6-12-11(15)13-10(9)14/h2-6H,1H3,(H2,12,13,14,15). The summed E-state index contributed by atoms with van der Waals surface area (Å²) in [5.41, 5.74) is 0.400. The quantitative estimate of drug-likeness (QED) is 0.773. The van der Waals surface area contributed by atoms with Gasteiger partial charge in [0.25, 0.3) is 5.56 Å². The average Bonchev–Trinajstić information content (AvgIpc) is 2.29. The van der Waals surface area contributed by atoms with Crippen LogP contribution in [0.5, 0.6) is 0 Å². The molecule has 0 aliphatic rings. The third-order valence-corrected chi connectivity index (χ3v) is 2.93. The Hall–Kier alpha value is -1.75. The van der Waals surface area contributed by atoms with E-state index in [1.54, 1.807) is 11.8 Å². The van der Waals surface area contributed by atoms with E-state index in [9.17, 15) is 9.59 Å². The zero-order chi connectivity index (χ0) is 11.5. The molecule has 0 amide bonds. The number of aromatic amines is 2. The molecule has 1 heterocycles. The van der Waals surface area contributed by atoms with E-state index in [0.29, 0.717) is 5.56 Å². The minimum Gasteiger partial charge on any atom is -0.313 e. The lowest BCUT2D eigenvalue weighted by molar-refractivity contribution is 1.04. The summed E-state index contributed by atoms with van der Waals surface area (Å²) >= 11 is 1.60. The van der Waals surface area contributed by atoms with Gasteiger partial charge in [0.05, 0.1) is 5.56 Å². The first kappa shape index (κ1) is 10.8. The molecule has 0 atom stereocenters. The predicted molar refractivity (Wildman–Crippen MR) is 64.9 cm³/mol. The molecule has 2 rings (SSSR count). The molecule has 0 unspecified atom stereocenters. The summed E-state index contributed by atoms with van der Waals surface area (Å²) in [7, 11) is 0. The Labute approximate surface area is 95.7 Å². The lowest BCUT2D eigenvalue weighted by Crippen LogP contribution is -2.22. The summed E-state index contributed by atoms with van der Waals surface area (Å²) in [6.07, 6.45) is 3.40. The highest BCUT2D eigenvalue weighted by Gasteiger charge is 2.03. The van der Waals surface area contributed by atoms with Gasteiger partial charge in [0.15, 0.2) is 0 Å². The van der Waals surface area contributed by atoms with Gasteiger partial charge in [0.1, 0.15) is 0 Å². The molecule has 0 spiro atoms. The highest BCUT2D eigenvalue weighted by atomic mass is 32.2. The predicted octanol–water partition coefficient (Wildman–Crippen LogP) is 1.45. The summed E-state index contributed by atoms with van der Waals surface area (Å²) in [4.78, 5) is 28.2. The van der Waals surface area contributed by atoms with Crippen LogP contribution in [-0.2, 0) is 0 Å². The molecule has 16 heavy (non-hydrogen) atoms. The lowest BCUT2D eigenvalue weighted by atomic mass is 10.1. The Morgan fingerprint density at radius 1 is 1.25 bits per heavy atom. The van der Waals surface area contributed by atoms with E-state index in [1.165, 1.54) is 6.20 Å². The van der Waals surface area contributed by atoms with Crippen LogP contribution in [0.2, 0.25) is 0 Å². The Morgan fingerprint density at radius 3 is 2.75 bits per heavy atom. The monoisotopic (exact) mass is 234 g/mol. The Bertz CT molecular complexity index is 616. The van der Waals surface area contributed by atoms with Gasteiger partial charge < -0.3 is 4.98 Å². The Morgan fingerprint density at radius 2 is 2.06 bits per heavy atom. The van der Waals surface area contributed by atoms with Gasteiger partial charge in [0, 0.05) is 11.1 Å². The van der Waals surface area contributed by atoms with Gasteiger partial charge in [-0.1, -0.05) is 12.1 Å². The number of hydrogen-bond acceptors (Lipinski definition) is 3. The van der Waals surface area contributed by atoms with Gasteiger partial charge in [-0.15, -0.1) is 11.8 Å². The second-order valence-electron chi connectivity index (χ2n) is 3.22. The van der Waals surface area contributed by atoms with Crippen LogP contribution >= 0.6 is 11.8 Å². The molecule has 2 aromatic rings. The number of H-pyrrole nitrogens is 2. The molecule has 0 fully saturated rings. The molecule has 1 aromatic heterocycles. The van der Waals surface area contributed by atoms with Gasteiger partial charge in [0.2, 0.25) is 0 Å². The van der Waals surface area contributed by atoms with Crippen molar-refractivity contribution in [2.75, 3.05) is 6.26 Å². The van der Waals surface area contributed by atoms with Crippen LogP contribution in [-0.4, -0.2) is 16.2 Å². The molecule has 2 N–H and O–H groups in total. The fourth-order valence-corrected chi connectivity index (χ4v) is 1.87. The first-order valence-electron chi connectivity index (χ1n) is 4.67. The number of benzene rings is 1. The van der Waals surface area contributed by atoms with Crippen LogP contribution in [0.25, 0.3) is 11.1 Å². The molecule has 82 valence electrons. The number of aromatic nitrogens is 2. The Balaban J connectivity index is 2.58. The second kappa shape index (κ2) is 4.40. The molecule has 1 aromatic carbocycles. The van der Waals surface area contributed by atoms with E-state index in [2.05, 4.69) is 9.97 Å². The third kappa shape index (κ3) is 2.09. The van der Waals surface area contributed by atoms with E-state index in [4.69, 9.17) is 0 Å². The minimum atomic E-state index is -0.491. The van der Waals surface area contributed by atoms with Crippen LogP contribution in [0, 0.1) is 0 Å². The molecule has 4 nitrogen and oxygen atoms in total. The fraction of sp³-hybridized carbons (Fsp3) is 0.0909. The first-order valence-corrected chi connectivity index (χ1v) is 5.89. The van der Waals surface area contributed by atoms with Crippen LogP contribution in [0.3, 0.4) is 0 Å². The number of thioether (sulfide) groups is 1. The molecule has 0 aliphatic heterocycles. The molecular weight excluding hydrogens is 224 g/mol. The minimum absolute atomic E-state index is 0.373. The van der Waals surface area contributed by atoms with E-state index in [1.807, 2.05) is 30.5 Å². The summed E-state index contributed by atoms with van der Waals surface area (Å²) in [6, 6.07) is 7.59. The van der Waals surface area contributed by atoms with Crippen molar-refractivity contribution in [3.63, 3.8) is 0 Å². The molecular formula is C11H10N2O2S. The third-order valence-electron chi connectivity index (χ3n) is 2.20. The van der Waals surface area contributed by atoms with Gasteiger partial charge in [-0.25, -0.2) is 4.79 Å². The van der Waals surface area contributed by atoms with E-state index < -0.39 is 5.69 Å². The van der Waals surface area contributed by atoms with Crippen LogP contribution < -0.4 is 11.2 Å². The number of rotatable bonds is 2. The van der Waals surface area contributed by atoms with Crippen molar-refractivity contribution in [1.82, 2.24) is 9.97 Å². The van der Waals surface area contributed by atoms with Crippen molar-refractivity contribution in [2.24, 2.45) is 0 Å². The van der Waals surface area contributed by atoms with E-state index in [-0.39, 0.29) is 5.56 Å². The highest BCUT2D eigenvalue weighted by molar-refractivity contribution is 7.98. The number of hydrogen-bond donors (Lipinski definition) is 2. The van der Waals surface area contributed by atoms with Crippen molar-refractivity contribution < 1.29 is 0 Å². The highest BCUT2D eigenvalue weighted by Crippen LogP contribution is 2.21. The summed E-state index contributed by atoms with van der Waals surface area (Å²) in [5, 5.41) is 0.